The average molecular weight is 379 g/mol. The first-order valence-corrected chi connectivity index (χ1v) is 8.44. The molecule has 10 heteroatoms. The summed E-state index contributed by atoms with van der Waals surface area (Å²) in [5.41, 5.74) is 1.49. The van der Waals surface area contributed by atoms with Crippen molar-refractivity contribution < 1.29 is 9.53 Å². The second kappa shape index (κ2) is 8.59. The molecule has 0 radical (unpaired) electrons. The molecule has 27 heavy (non-hydrogen) atoms. The Bertz CT molecular complexity index is 995. The van der Waals surface area contributed by atoms with E-state index in [0.717, 1.165) is 10.6 Å². The van der Waals surface area contributed by atoms with Gasteiger partial charge in [-0.3, -0.25) is 0 Å². The zero-order valence-electron chi connectivity index (χ0n) is 14.1. The Morgan fingerprint density at radius 1 is 1.33 bits per heavy atom. The molecule has 0 unspecified atom stereocenters. The third-order valence-electron chi connectivity index (χ3n) is 3.32. The number of aromatic nitrogens is 5. The number of hydrogen-bond acceptors (Lipinski definition) is 9. The summed E-state index contributed by atoms with van der Waals surface area (Å²) in [5.74, 6) is -0.186. The van der Waals surface area contributed by atoms with E-state index in [1.807, 2.05) is 30.3 Å². The highest BCUT2D eigenvalue weighted by atomic mass is 32.2. The Balaban J connectivity index is 1.67. The Labute approximate surface area is 158 Å². The van der Waals surface area contributed by atoms with Crippen molar-refractivity contribution in [2.45, 2.75) is 9.92 Å². The first-order valence-electron chi connectivity index (χ1n) is 7.62. The number of esters is 1. The van der Waals surface area contributed by atoms with Crippen LogP contribution in [-0.2, 0) is 4.74 Å². The molecule has 2 aromatic heterocycles. The number of methoxy groups -OCH3 is 1. The van der Waals surface area contributed by atoms with Crippen molar-refractivity contribution in [1.82, 2.24) is 25.6 Å². The summed E-state index contributed by atoms with van der Waals surface area (Å²) < 4.78 is 4.71. The number of nitrogens with one attached hydrogen (secondary N) is 2. The number of nitriles is 1. The van der Waals surface area contributed by atoms with Gasteiger partial charge in [0.05, 0.1) is 12.7 Å². The number of aromatic amines is 1. The van der Waals surface area contributed by atoms with Crippen LogP contribution < -0.4 is 5.32 Å². The van der Waals surface area contributed by atoms with Gasteiger partial charge < -0.3 is 10.1 Å². The fourth-order valence-electron chi connectivity index (χ4n) is 2.03. The minimum absolute atomic E-state index is 0.216. The molecule has 0 amide bonds. The summed E-state index contributed by atoms with van der Waals surface area (Å²) in [6, 6.07) is 12.8. The maximum Gasteiger partial charge on any atom is 0.337 e. The number of anilines is 1. The van der Waals surface area contributed by atoms with E-state index in [2.05, 4.69) is 30.9 Å². The summed E-state index contributed by atoms with van der Waals surface area (Å²) in [5, 5.41) is 26.1. The third kappa shape index (κ3) is 4.68. The molecule has 3 aromatic rings. The zero-order valence-corrected chi connectivity index (χ0v) is 14.9. The number of carbonyl (C=O) groups excluding carboxylic acids is 1. The fourth-order valence-corrected chi connectivity index (χ4v) is 2.84. The van der Waals surface area contributed by atoms with E-state index in [1.165, 1.54) is 25.1 Å². The topological polar surface area (TPSA) is 129 Å². The molecule has 2 N–H and O–H groups in total. The minimum atomic E-state index is -0.402. The zero-order chi connectivity index (χ0) is 19.1. The standard InChI is InChI=1S/C17H13N7O2S/c1-26-17(25)11-6-7-19-15(8-11)27-14-4-2-13(3-5-14)20-10-12(9-18)16-21-23-24-22-16/h2-8,10,20H,1H3,(H,21,22,23,24). The van der Waals surface area contributed by atoms with Crippen molar-refractivity contribution in [2.75, 3.05) is 12.4 Å². The van der Waals surface area contributed by atoms with Crippen LogP contribution in [0.2, 0.25) is 0 Å². The highest BCUT2D eigenvalue weighted by molar-refractivity contribution is 7.99. The van der Waals surface area contributed by atoms with E-state index in [0.29, 0.717) is 10.6 Å². The average Bonchev–Trinajstić information content (AvgIpc) is 3.24. The van der Waals surface area contributed by atoms with Crippen LogP contribution >= 0.6 is 11.8 Å². The van der Waals surface area contributed by atoms with Crippen molar-refractivity contribution in [1.29, 1.82) is 5.26 Å². The number of carbonyl (C=O) groups is 1. The van der Waals surface area contributed by atoms with Gasteiger partial charge in [-0.1, -0.05) is 11.8 Å². The van der Waals surface area contributed by atoms with E-state index < -0.39 is 5.97 Å². The van der Waals surface area contributed by atoms with Crippen LogP contribution in [0.3, 0.4) is 0 Å². The maximum absolute atomic E-state index is 11.6. The molecular formula is C17H13N7O2S. The quantitative estimate of drug-likeness (QED) is 0.490. The van der Waals surface area contributed by atoms with Crippen LogP contribution in [-0.4, -0.2) is 38.7 Å². The van der Waals surface area contributed by atoms with Crippen molar-refractivity contribution in [3.05, 3.63) is 60.2 Å². The lowest BCUT2D eigenvalue weighted by atomic mass is 10.3. The van der Waals surface area contributed by atoms with Gasteiger partial charge in [0.2, 0.25) is 5.82 Å². The largest absolute Gasteiger partial charge is 0.465 e. The van der Waals surface area contributed by atoms with E-state index in [-0.39, 0.29) is 11.4 Å². The minimum Gasteiger partial charge on any atom is -0.465 e. The maximum atomic E-state index is 11.6. The van der Waals surface area contributed by atoms with Crippen LogP contribution in [0.15, 0.2) is 58.7 Å². The number of H-pyrrole nitrogens is 1. The van der Waals surface area contributed by atoms with E-state index in [1.54, 1.807) is 18.3 Å². The third-order valence-corrected chi connectivity index (χ3v) is 4.26. The van der Waals surface area contributed by atoms with Gasteiger partial charge >= 0.3 is 5.97 Å². The molecule has 0 aliphatic rings. The smallest absolute Gasteiger partial charge is 0.337 e. The molecule has 0 aliphatic carbocycles. The van der Waals surface area contributed by atoms with Crippen LogP contribution in [0.1, 0.15) is 16.2 Å². The van der Waals surface area contributed by atoms with Gasteiger partial charge in [0.15, 0.2) is 0 Å². The van der Waals surface area contributed by atoms with Crippen LogP contribution in [0, 0.1) is 11.3 Å². The summed E-state index contributed by atoms with van der Waals surface area (Å²) >= 11 is 1.42. The molecule has 0 saturated heterocycles. The first kappa shape index (κ1) is 18.1. The molecular weight excluding hydrogens is 366 g/mol. The molecule has 0 aliphatic heterocycles. The van der Waals surface area contributed by atoms with E-state index >= 15 is 0 Å². The lowest BCUT2D eigenvalue weighted by molar-refractivity contribution is 0.0600. The number of rotatable bonds is 6. The molecule has 0 atom stereocenters. The molecule has 134 valence electrons. The Kier molecular flexibility index (Phi) is 5.76. The molecule has 0 bridgehead atoms. The highest BCUT2D eigenvalue weighted by Crippen LogP contribution is 2.27. The van der Waals surface area contributed by atoms with Gasteiger partial charge in [-0.2, -0.15) is 10.5 Å². The number of allylic oxidation sites excluding steroid dienone is 1. The SMILES string of the molecule is COC(=O)c1ccnc(Sc2ccc(NC=C(C#N)c3nn[nH]n3)cc2)c1. The molecule has 0 saturated carbocycles. The number of ether oxygens (including phenoxy) is 1. The molecule has 3 rings (SSSR count). The van der Waals surface area contributed by atoms with Gasteiger partial charge in [-0.15, -0.1) is 10.2 Å². The fraction of sp³-hybridized carbons (Fsp3) is 0.0588. The van der Waals surface area contributed by atoms with Gasteiger partial charge in [0.1, 0.15) is 16.7 Å². The van der Waals surface area contributed by atoms with Gasteiger partial charge in [0.25, 0.3) is 0 Å². The molecule has 0 fully saturated rings. The first-order chi connectivity index (χ1) is 13.2. The van der Waals surface area contributed by atoms with Crippen LogP contribution in [0.25, 0.3) is 5.57 Å². The Hall–Kier alpha value is -3.71. The molecule has 2 heterocycles. The predicted molar refractivity (Wildman–Crippen MR) is 97.5 cm³/mol. The Morgan fingerprint density at radius 2 is 2.15 bits per heavy atom. The number of nitrogens with zero attached hydrogens (tertiary/aromatic N) is 5. The van der Waals surface area contributed by atoms with E-state index in [9.17, 15) is 4.79 Å². The molecule has 9 nitrogen and oxygen atoms in total. The number of pyridine rings is 1. The summed E-state index contributed by atoms with van der Waals surface area (Å²) in [7, 11) is 1.34. The predicted octanol–water partition coefficient (Wildman–Crippen LogP) is 2.51. The number of hydrogen-bond donors (Lipinski definition) is 2. The summed E-state index contributed by atoms with van der Waals surface area (Å²) in [6.07, 6.45) is 3.07. The molecule has 1 aromatic carbocycles. The monoisotopic (exact) mass is 379 g/mol. The molecule has 0 spiro atoms. The second-order valence-electron chi connectivity index (χ2n) is 5.05. The van der Waals surface area contributed by atoms with Crippen LogP contribution in [0.5, 0.6) is 0 Å². The second-order valence-corrected chi connectivity index (χ2v) is 6.14. The van der Waals surface area contributed by atoms with Crippen LogP contribution in [0.4, 0.5) is 5.69 Å². The normalized spacial score (nSPS) is 10.9. The summed E-state index contributed by atoms with van der Waals surface area (Å²) in [4.78, 5) is 16.8. The number of tetrazole rings is 1. The highest BCUT2D eigenvalue weighted by Gasteiger charge is 2.08. The van der Waals surface area contributed by atoms with E-state index in [4.69, 9.17) is 10.00 Å². The van der Waals surface area contributed by atoms with Crippen molar-refractivity contribution in [3.63, 3.8) is 0 Å². The summed E-state index contributed by atoms with van der Waals surface area (Å²) in [6.45, 7) is 0. The lowest BCUT2D eigenvalue weighted by Crippen LogP contribution is -2.01. The van der Waals surface area contributed by atoms with Crippen molar-refractivity contribution >= 4 is 29.0 Å². The van der Waals surface area contributed by atoms with Crippen molar-refractivity contribution in [3.8, 4) is 6.07 Å². The van der Waals surface area contributed by atoms with Crippen molar-refractivity contribution in [2.24, 2.45) is 0 Å². The lowest BCUT2D eigenvalue weighted by Gasteiger charge is -2.05. The van der Waals surface area contributed by atoms with Gasteiger partial charge in [-0.05, 0) is 41.6 Å². The van der Waals surface area contributed by atoms with Gasteiger partial charge in [-0.25, -0.2) is 9.78 Å². The number of benzene rings is 1. The van der Waals surface area contributed by atoms with Gasteiger partial charge in [0, 0.05) is 23.0 Å². The Morgan fingerprint density at radius 3 is 2.81 bits per heavy atom.